The first-order chi connectivity index (χ1) is 9.54. The summed E-state index contributed by atoms with van der Waals surface area (Å²) in [5.74, 6) is -0.939. The Morgan fingerprint density at radius 1 is 1.30 bits per heavy atom. The maximum atomic E-state index is 12.0. The zero-order valence-electron chi connectivity index (χ0n) is 12.4. The topological polar surface area (TPSA) is 87.7 Å². The van der Waals surface area contributed by atoms with E-state index in [1.807, 2.05) is 6.92 Å². The number of hydrogen-bond acceptors (Lipinski definition) is 3. The first kappa shape index (κ1) is 16.8. The highest BCUT2D eigenvalue weighted by Gasteiger charge is 2.41. The summed E-state index contributed by atoms with van der Waals surface area (Å²) in [6.45, 7) is 2.46. The largest absolute Gasteiger partial charge is 0.480 e. The lowest BCUT2D eigenvalue weighted by molar-refractivity contribution is -0.145. The Kier molecular flexibility index (Phi) is 6.78. The number of carbonyl (C=O) groups is 2. The van der Waals surface area contributed by atoms with Crippen molar-refractivity contribution in [3.63, 3.8) is 0 Å². The van der Waals surface area contributed by atoms with E-state index < -0.39 is 17.5 Å². The summed E-state index contributed by atoms with van der Waals surface area (Å²) in [6.07, 6.45) is 5.43. The molecule has 0 heterocycles. The minimum atomic E-state index is -1.10. The van der Waals surface area contributed by atoms with Gasteiger partial charge in [0.2, 0.25) is 0 Å². The van der Waals surface area contributed by atoms with Gasteiger partial charge in [0.05, 0.1) is 12.6 Å². The number of ether oxygens (including phenoxy) is 1. The smallest absolute Gasteiger partial charge is 0.329 e. The van der Waals surface area contributed by atoms with E-state index >= 15 is 0 Å². The standard InChI is InChI=1S/C14H26N2O4/c1-3-7-11(10-20-2)15-13(19)16-14(12(17)18)8-5-4-6-9-14/h11H,3-10H2,1-2H3,(H,17,18)(H2,15,16,19). The second kappa shape index (κ2) is 8.09. The first-order valence-electron chi connectivity index (χ1n) is 7.35. The zero-order chi connectivity index (χ0) is 15.0. The molecule has 1 fully saturated rings. The summed E-state index contributed by atoms with van der Waals surface area (Å²) in [5, 5.41) is 14.9. The van der Waals surface area contributed by atoms with Crippen molar-refractivity contribution >= 4 is 12.0 Å². The van der Waals surface area contributed by atoms with Gasteiger partial charge in [0.15, 0.2) is 0 Å². The second-order valence-corrected chi connectivity index (χ2v) is 5.49. The Hall–Kier alpha value is -1.30. The van der Waals surface area contributed by atoms with Crippen LogP contribution in [0, 0.1) is 0 Å². The molecule has 0 bridgehead atoms. The Morgan fingerprint density at radius 3 is 2.45 bits per heavy atom. The van der Waals surface area contributed by atoms with Gasteiger partial charge in [-0.15, -0.1) is 0 Å². The normalized spacial score (nSPS) is 19.1. The zero-order valence-corrected chi connectivity index (χ0v) is 12.4. The van der Waals surface area contributed by atoms with Crippen LogP contribution >= 0.6 is 0 Å². The summed E-state index contributed by atoms with van der Waals surface area (Å²) in [5.41, 5.74) is -1.10. The molecule has 0 saturated heterocycles. The van der Waals surface area contributed by atoms with Gasteiger partial charge in [-0.25, -0.2) is 9.59 Å². The van der Waals surface area contributed by atoms with Gasteiger partial charge in [0.25, 0.3) is 0 Å². The number of rotatable bonds is 7. The highest BCUT2D eigenvalue weighted by atomic mass is 16.5. The van der Waals surface area contributed by atoms with Gasteiger partial charge in [0, 0.05) is 7.11 Å². The molecular weight excluding hydrogens is 260 g/mol. The average molecular weight is 286 g/mol. The van der Waals surface area contributed by atoms with Crippen molar-refractivity contribution < 1.29 is 19.4 Å². The van der Waals surface area contributed by atoms with Gasteiger partial charge in [-0.2, -0.15) is 0 Å². The maximum absolute atomic E-state index is 12.0. The summed E-state index contributed by atoms with van der Waals surface area (Å²) >= 11 is 0. The van der Waals surface area contributed by atoms with Crippen molar-refractivity contribution in [2.24, 2.45) is 0 Å². The molecule has 1 atom stereocenters. The number of carbonyl (C=O) groups excluding carboxylic acids is 1. The molecule has 6 heteroatoms. The van der Waals surface area contributed by atoms with E-state index in [2.05, 4.69) is 10.6 Å². The summed E-state index contributed by atoms with van der Waals surface area (Å²) in [6, 6.07) is -0.496. The summed E-state index contributed by atoms with van der Waals surface area (Å²) in [7, 11) is 1.59. The average Bonchev–Trinajstić information content (AvgIpc) is 2.40. The number of amides is 2. The van der Waals surface area contributed by atoms with E-state index in [4.69, 9.17) is 4.74 Å². The molecule has 0 radical (unpaired) electrons. The number of hydrogen-bond donors (Lipinski definition) is 3. The van der Waals surface area contributed by atoms with E-state index in [0.29, 0.717) is 19.4 Å². The Bertz CT molecular complexity index is 321. The fraction of sp³-hybridized carbons (Fsp3) is 0.857. The van der Waals surface area contributed by atoms with Gasteiger partial charge in [-0.3, -0.25) is 0 Å². The number of carboxylic acids is 1. The molecule has 20 heavy (non-hydrogen) atoms. The van der Waals surface area contributed by atoms with Crippen molar-refractivity contribution in [3.05, 3.63) is 0 Å². The predicted molar refractivity (Wildman–Crippen MR) is 75.7 cm³/mol. The van der Waals surface area contributed by atoms with Crippen LogP contribution in [-0.2, 0) is 9.53 Å². The molecular formula is C14H26N2O4. The quantitative estimate of drug-likeness (QED) is 0.667. The Labute approximate surface area is 120 Å². The lowest BCUT2D eigenvalue weighted by Gasteiger charge is -2.34. The van der Waals surface area contributed by atoms with Crippen molar-refractivity contribution in [3.8, 4) is 0 Å². The fourth-order valence-corrected chi connectivity index (χ4v) is 2.73. The molecule has 1 unspecified atom stereocenters. The molecule has 1 rings (SSSR count). The third-order valence-electron chi connectivity index (χ3n) is 3.81. The van der Waals surface area contributed by atoms with Gasteiger partial charge in [0.1, 0.15) is 5.54 Å². The minimum absolute atomic E-state index is 0.0839. The van der Waals surface area contributed by atoms with Crippen molar-refractivity contribution in [2.45, 2.75) is 63.5 Å². The third kappa shape index (κ3) is 4.67. The summed E-state index contributed by atoms with van der Waals surface area (Å²) in [4.78, 5) is 23.5. The molecule has 6 nitrogen and oxygen atoms in total. The molecule has 2 amide bonds. The van der Waals surface area contributed by atoms with E-state index in [0.717, 1.165) is 32.1 Å². The van der Waals surface area contributed by atoms with Crippen molar-refractivity contribution in [2.75, 3.05) is 13.7 Å². The predicted octanol–water partition coefficient (Wildman–Crippen LogP) is 1.89. The second-order valence-electron chi connectivity index (χ2n) is 5.49. The van der Waals surface area contributed by atoms with Gasteiger partial charge >= 0.3 is 12.0 Å². The lowest BCUT2D eigenvalue weighted by Crippen LogP contribution is -2.59. The van der Waals surface area contributed by atoms with Crippen LogP contribution < -0.4 is 10.6 Å². The molecule has 3 N–H and O–H groups in total. The van der Waals surface area contributed by atoms with Crippen LogP contribution in [0.2, 0.25) is 0 Å². The van der Waals surface area contributed by atoms with Crippen LogP contribution in [0.1, 0.15) is 51.9 Å². The van der Waals surface area contributed by atoms with Crippen LogP contribution in [-0.4, -0.2) is 42.4 Å². The van der Waals surface area contributed by atoms with Crippen LogP contribution in [0.15, 0.2) is 0 Å². The maximum Gasteiger partial charge on any atom is 0.329 e. The molecule has 116 valence electrons. The number of carboxylic acid groups (broad SMARTS) is 1. The molecule has 1 aliphatic rings. The van der Waals surface area contributed by atoms with E-state index in [1.165, 1.54) is 0 Å². The van der Waals surface area contributed by atoms with Crippen molar-refractivity contribution in [1.82, 2.24) is 10.6 Å². The third-order valence-corrected chi connectivity index (χ3v) is 3.81. The number of aliphatic carboxylic acids is 1. The van der Waals surface area contributed by atoms with Gasteiger partial charge in [-0.05, 0) is 19.3 Å². The van der Waals surface area contributed by atoms with Crippen LogP contribution in [0.5, 0.6) is 0 Å². The van der Waals surface area contributed by atoms with Gasteiger partial charge in [-0.1, -0.05) is 32.6 Å². The van der Waals surface area contributed by atoms with E-state index in [9.17, 15) is 14.7 Å². The number of methoxy groups -OCH3 is 1. The monoisotopic (exact) mass is 286 g/mol. The fourth-order valence-electron chi connectivity index (χ4n) is 2.73. The van der Waals surface area contributed by atoms with Gasteiger partial charge < -0.3 is 20.5 Å². The lowest BCUT2D eigenvalue weighted by atomic mass is 9.82. The van der Waals surface area contributed by atoms with Crippen molar-refractivity contribution in [1.29, 1.82) is 0 Å². The molecule has 0 aliphatic heterocycles. The number of urea groups is 1. The van der Waals surface area contributed by atoms with E-state index in [-0.39, 0.29) is 6.04 Å². The molecule has 0 aromatic carbocycles. The molecule has 1 saturated carbocycles. The Morgan fingerprint density at radius 2 is 1.95 bits per heavy atom. The summed E-state index contributed by atoms with van der Waals surface area (Å²) < 4.78 is 5.06. The number of nitrogens with one attached hydrogen (secondary N) is 2. The SMILES string of the molecule is CCCC(COC)NC(=O)NC1(C(=O)O)CCCCC1. The Balaban J connectivity index is 2.59. The molecule has 0 aromatic heterocycles. The van der Waals surface area contributed by atoms with Crippen LogP contribution in [0.3, 0.4) is 0 Å². The van der Waals surface area contributed by atoms with E-state index in [1.54, 1.807) is 7.11 Å². The molecule has 1 aliphatic carbocycles. The highest BCUT2D eigenvalue weighted by molar-refractivity contribution is 5.86. The van der Waals surface area contributed by atoms with Crippen LogP contribution in [0.4, 0.5) is 4.79 Å². The first-order valence-corrected chi connectivity index (χ1v) is 7.35. The molecule has 0 aromatic rings. The molecule has 0 spiro atoms. The minimum Gasteiger partial charge on any atom is -0.480 e. The highest BCUT2D eigenvalue weighted by Crippen LogP contribution is 2.28. The van der Waals surface area contributed by atoms with Crippen LogP contribution in [0.25, 0.3) is 0 Å².